The molecule has 1 aromatic carbocycles. The number of ether oxygens (including phenoxy) is 1. The van der Waals surface area contributed by atoms with Gasteiger partial charge in [-0.3, -0.25) is 0 Å². The maximum Gasteiger partial charge on any atom is 0.119 e. The summed E-state index contributed by atoms with van der Waals surface area (Å²) in [5.74, 6) is 0.933. The molecule has 0 bridgehead atoms. The van der Waals surface area contributed by atoms with Crippen molar-refractivity contribution in [2.24, 2.45) is 0 Å². The van der Waals surface area contributed by atoms with Crippen LogP contribution in [0.25, 0.3) is 0 Å². The summed E-state index contributed by atoms with van der Waals surface area (Å²) in [5.41, 5.74) is 2.66. The zero-order chi connectivity index (χ0) is 15.4. The summed E-state index contributed by atoms with van der Waals surface area (Å²) in [4.78, 5) is 2.78. The lowest BCUT2D eigenvalue weighted by atomic mass is 10.0. The van der Waals surface area contributed by atoms with E-state index in [9.17, 15) is 0 Å². The zero-order valence-corrected chi connectivity index (χ0v) is 14.4. The molecule has 0 aliphatic rings. The van der Waals surface area contributed by atoms with Gasteiger partial charge in [0.15, 0.2) is 0 Å². The van der Waals surface area contributed by atoms with Crippen LogP contribution in [-0.4, -0.2) is 12.6 Å². The van der Waals surface area contributed by atoms with Gasteiger partial charge in [-0.1, -0.05) is 19.1 Å². The van der Waals surface area contributed by atoms with E-state index in [-0.39, 0.29) is 12.1 Å². The van der Waals surface area contributed by atoms with Crippen molar-refractivity contribution in [1.82, 2.24) is 5.32 Å². The lowest BCUT2D eigenvalue weighted by molar-refractivity contribution is 0.242. The summed E-state index contributed by atoms with van der Waals surface area (Å²) in [6, 6.07) is 11.0. The normalized spacial score (nSPS) is 12.7. The number of aryl methyl sites for hydroxylation is 2. The number of hydrogen-bond donors (Lipinski definition) is 1. The van der Waals surface area contributed by atoms with Gasteiger partial charge in [0, 0.05) is 9.75 Å². The highest BCUT2D eigenvalue weighted by molar-refractivity contribution is 7.12. The number of hydrogen-bond acceptors (Lipinski definition) is 3. The summed E-state index contributed by atoms with van der Waals surface area (Å²) in [6.45, 7) is 11.6. The van der Waals surface area contributed by atoms with Crippen LogP contribution in [0.15, 0.2) is 30.3 Å². The van der Waals surface area contributed by atoms with Gasteiger partial charge in [-0.05, 0) is 63.6 Å². The van der Waals surface area contributed by atoms with Gasteiger partial charge >= 0.3 is 0 Å². The minimum absolute atomic E-state index is 0.211. The highest BCUT2D eigenvalue weighted by atomic mass is 32.1. The van der Waals surface area contributed by atoms with Crippen molar-refractivity contribution >= 4 is 11.3 Å². The fourth-order valence-corrected chi connectivity index (χ4v) is 3.49. The van der Waals surface area contributed by atoms with Crippen LogP contribution in [0.2, 0.25) is 0 Å². The molecule has 0 amide bonds. The van der Waals surface area contributed by atoms with Gasteiger partial charge < -0.3 is 10.1 Å². The van der Waals surface area contributed by atoms with Gasteiger partial charge in [0.1, 0.15) is 5.75 Å². The quantitative estimate of drug-likeness (QED) is 0.823. The SMILES string of the molecule is CCNC(c1ccc(OC(C)C)cc1)c1cc(C)c(C)s1. The summed E-state index contributed by atoms with van der Waals surface area (Å²) < 4.78 is 5.72. The summed E-state index contributed by atoms with van der Waals surface area (Å²) >= 11 is 1.88. The lowest BCUT2D eigenvalue weighted by Crippen LogP contribution is -2.21. The molecule has 2 aromatic rings. The molecule has 0 spiro atoms. The average molecular weight is 303 g/mol. The van der Waals surface area contributed by atoms with Gasteiger partial charge in [-0.15, -0.1) is 11.3 Å². The van der Waals surface area contributed by atoms with Gasteiger partial charge in [-0.25, -0.2) is 0 Å². The van der Waals surface area contributed by atoms with E-state index in [0.29, 0.717) is 0 Å². The van der Waals surface area contributed by atoms with Gasteiger partial charge in [-0.2, -0.15) is 0 Å². The van der Waals surface area contributed by atoms with E-state index in [1.54, 1.807) is 0 Å². The molecular formula is C18H25NOS. The maximum atomic E-state index is 5.72. The fraction of sp³-hybridized carbons (Fsp3) is 0.444. The topological polar surface area (TPSA) is 21.3 Å². The molecule has 2 nitrogen and oxygen atoms in total. The molecule has 0 saturated heterocycles. The van der Waals surface area contributed by atoms with Crippen LogP contribution in [0.4, 0.5) is 0 Å². The molecule has 1 aromatic heterocycles. The van der Waals surface area contributed by atoms with E-state index in [0.717, 1.165) is 12.3 Å². The molecule has 21 heavy (non-hydrogen) atoms. The first-order chi connectivity index (χ1) is 10.0. The van der Waals surface area contributed by atoms with E-state index in [1.807, 2.05) is 25.2 Å². The third-order valence-electron chi connectivity index (χ3n) is 3.46. The Balaban J connectivity index is 2.25. The second kappa shape index (κ2) is 7.10. The van der Waals surface area contributed by atoms with E-state index in [2.05, 4.69) is 56.4 Å². The van der Waals surface area contributed by atoms with Crippen LogP contribution in [0.1, 0.15) is 47.7 Å². The molecular weight excluding hydrogens is 278 g/mol. The minimum atomic E-state index is 0.211. The summed E-state index contributed by atoms with van der Waals surface area (Å²) in [7, 11) is 0. The Morgan fingerprint density at radius 2 is 1.81 bits per heavy atom. The van der Waals surface area contributed by atoms with Gasteiger partial charge in [0.05, 0.1) is 12.1 Å². The average Bonchev–Trinajstić information content (AvgIpc) is 2.76. The number of benzene rings is 1. The third kappa shape index (κ3) is 4.08. The van der Waals surface area contributed by atoms with Gasteiger partial charge in [0.25, 0.3) is 0 Å². The molecule has 0 aliphatic heterocycles. The van der Waals surface area contributed by atoms with E-state index in [4.69, 9.17) is 4.74 Å². The Morgan fingerprint density at radius 3 is 2.29 bits per heavy atom. The van der Waals surface area contributed by atoms with Crippen molar-refractivity contribution in [3.05, 3.63) is 51.2 Å². The van der Waals surface area contributed by atoms with Crippen LogP contribution in [0.5, 0.6) is 5.75 Å². The van der Waals surface area contributed by atoms with Gasteiger partial charge in [0.2, 0.25) is 0 Å². The second-order valence-corrected chi connectivity index (χ2v) is 6.90. The van der Waals surface area contributed by atoms with Crippen LogP contribution < -0.4 is 10.1 Å². The maximum absolute atomic E-state index is 5.72. The highest BCUT2D eigenvalue weighted by Crippen LogP contribution is 2.31. The number of nitrogens with one attached hydrogen (secondary N) is 1. The van der Waals surface area contributed by atoms with E-state index < -0.39 is 0 Å². The minimum Gasteiger partial charge on any atom is -0.491 e. The summed E-state index contributed by atoms with van der Waals surface area (Å²) in [5, 5.41) is 3.59. The molecule has 0 radical (unpaired) electrons. The molecule has 1 N–H and O–H groups in total. The standard InChI is InChI=1S/C18H25NOS/c1-6-19-18(17-11-13(4)14(5)21-17)15-7-9-16(10-8-15)20-12(2)3/h7-12,18-19H,6H2,1-5H3. The first-order valence-corrected chi connectivity index (χ1v) is 8.39. The van der Waals surface area contributed by atoms with E-state index >= 15 is 0 Å². The molecule has 2 rings (SSSR count). The Bertz CT molecular complexity index is 552. The number of rotatable bonds is 6. The molecule has 0 aliphatic carbocycles. The van der Waals surface area contributed by atoms with Crippen LogP contribution in [0, 0.1) is 13.8 Å². The second-order valence-electron chi connectivity index (χ2n) is 5.61. The lowest BCUT2D eigenvalue weighted by Gasteiger charge is -2.18. The summed E-state index contributed by atoms with van der Waals surface area (Å²) in [6.07, 6.45) is 0.211. The van der Waals surface area contributed by atoms with Crippen molar-refractivity contribution in [3.8, 4) is 5.75 Å². The molecule has 1 heterocycles. The predicted molar refractivity (Wildman–Crippen MR) is 91.5 cm³/mol. The van der Waals surface area contributed by atoms with Crippen LogP contribution in [-0.2, 0) is 0 Å². The molecule has 0 saturated carbocycles. The van der Waals surface area contributed by atoms with Crippen molar-refractivity contribution in [1.29, 1.82) is 0 Å². The molecule has 3 heteroatoms. The predicted octanol–water partition coefficient (Wildman–Crippen LogP) is 4.85. The van der Waals surface area contributed by atoms with Crippen molar-refractivity contribution in [3.63, 3.8) is 0 Å². The van der Waals surface area contributed by atoms with Crippen molar-refractivity contribution < 1.29 is 4.74 Å². The molecule has 1 atom stereocenters. The Labute approximate surface area is 132 Å². The first kappa shape index (κ1) is 16.1. The van der Waals surface area contributed by atoms with Crippen molar-refractivity contribution in [2.45, 2.75) is 46.8 Å². The Kier molecular flexibility index (Phi) is 5.43. The van der Waals surface area contributed by atoms with Crippen LogP contribution in [0.3, 0.4) is 0 Å². The van der Waals surface area contributed by atoms with Crippen LogP contribution >= 0.6 is 11.3 Å². The zero-order valence-electron chi connectivity index (χ0n) is 13.6. The third-order valence-corrected chi connectivity index (χ3v) is 4.68. The fourth-order valence-electron chi connectivity index (χ4n) is 2.34. The molecule has 0 fully saturated rings. The van der Waals surface area contributed by atoms with Crippen molar-refractivity contribution in [2.75, 3.05) is 6.54 Å². The molecule has 1 unspecified atom stereocenters. The monoisotopic (exact) mass is 303 g/mol. The molecule has 114 valence electrons. The Morgan fingerprint density at radius 1 is 1.14 bits per heavy atom. The number of thiophene rings is 1. The van der Waals surface area contributed by atoms with E-state index in [1.165, 1.54) is 20.9 Å². The smallest absolute Gasteiger partial charge is 0.119 e. The Hall–Kier alpha value is -1.32. The highest BCUT2D eigenvalue weighted by Gasteiger charge is 2.16. The largest absolute Gasteiger partial charge is 0.491 e. The first-order valence-electron chi connectivity index (χ1n) is 7.58.